The van der Waals surface area contributed by atoms with Crippen molar-refractivity contribution in [3.63, 3.8) is 0 Å². The fourth-order valence-electron chi connectivity index (χ4n) is 3.98. The van der Waals surface area contributed by atoms with Crippen LogP contribution in [0, 0.1) is 6.92 Å². The van der Waals surface area contributed by atoms with Crippen molar-refractivity contribution in [1.29, 1.82) is 0 Å². The minimum absolute atomic E-state index is 0.0154. The van der Waals surface area contributed by atoms with E-state index in [4.69, 9.17) is 8.94 Å². The molecule has 1 atom stereocenters. The van der Waals surface area contributed by atoms with Crippen molar-refractivity contribution in [2.24, 2.45) is 0 Å². The first-order valence-corrected chi connectivity index (χ1v) is 11.9. The lowest BCUT2D eigenvalue weighted by molar-refractivity contribution is -0.132. The van der Waals surface area contributed by atoms with Crippen LogP contribution >= 0.6 is 11.3 Å². The number of nitrogens with zero attached hydrogens (tertiary/aromatic N) is 5. The molecule has 33 heavy (non-hydrogen) atoms. The minimum Gasteiger partial charge on any atom is -0.440 e. The van der Waals surface area contributed by atoms with E-state index in [1.165, 1.54) is 0 Å². The SMILES string of the molecule is Cc1oc(-c2cccs2)nc1CC(=O)N1CCN(C(C)c2nc(-c3ccccc3)no2)CC1. The van der Waals surface area contributed by atoms with Crippen LogP contribution in [0.2, 0.25) is 0 Å². The van der Waals surface area contributed by atoms with Crippen LogP contribution in [-0.2, 0) is 11.2 Å². The van der Waals surface area contributed by atoms with E-state index in [-0.39, 0.29) is 18.4 Å². The van der Waals surface area contributed by atoms with E-state index in [1.54, 1.807) is 11.3 Å². The van der Waals surface area contributed by atoms with Crippen LogP contribution in [0.3, 0.4) is 0 Å². The first kappa shape index (κ1) is 21.5. The number of benzene rings is 1. The third kappa shape index (κ3) is 4.60. The van der Waals surface area contributed by atoms with Gasteiger partial charge in [0.2, 0.25) is 23.5 Å². The van der Waals surface area contributed by atoms with E-state index < -0.39 is 0 Å². The summed E-state index contributed by atoms with van der Waals surface area (Å²) in [5.74, 6) is 2.53. The van der Waals surface area contributed by atoms with Crippen LogP contribution in [0.15, 0.2) is 56.8 Å². The van der Waals surface area contributed by atoms with Gasteiger partial charge in [-0.25, -0.2) is 4.98 Å². The largest absolute Gasteiger partial charge is 0.440 e. The second-order valence-electron chi connectivity index (χ2n) is 8.09. The van der Waals surface area contributed by atoms with Gasteiger partial charge in [-0.15, -0.1) is 11.3 Å². The first-order chi connectivity index (χ1) is 16.1. The Balaban J connectivity index is 1.17. The molecule has 0 spiro atoms. The molecule has 0 radical (unpaired) electrons. The van der Waals surface area contributed by atoms with Gasteiger partial charge in [-0.2, -0.15) is 4.98 Å². The van der Waals surface area contributed by atoms with Gasteiger partial charge in [0.25, 0.3) is 0 Å². The highest BCUT2D eigenvalue weighted by Gasteiger charge is 2.28. The maximum atomic E-state index is 12.9. The number of amides is 1. The maximum Gasteiger partial charge on any atom is 0.244 e. The molecule has 1 saturated heterocycles. The van der Waals surface area contributed by atoms with Crippen LogP contribution < -0.4 is 0 Å². The van der Waals surface area contributed by atoms with Gasteiger partial charge in [0.1, 0.15) is 5.76 Å². The van der Waals surface area contributed by atoms with E-state index in [9.17, 15) is 4.79 Å². The van der Waals surface area contributed by atoms with Crippen molar-refractivity contribution in [2.45, 2.75) is 26.3 Å². The highest BCUT2D eigenvalue weighted by atomic mass is 32.1. The Morgan fingerprint density at radius 1 is 1.09 bits per heavy atom. The average Bonchev–Trinajstić information content (AvgIpc) is 3.61. The highest BCUT2D eigenvalue weighted by molar-refractivity contribution is 7.13. The van der Waals surface area contributed by atoms with Crippen molar-refractivity contribution in [2.75, 3.05) is 26.2 Å². The predicted molar refractivity (Wildman–Crippen MR) is 125 cm³/mol. The number of aryl methyl sites for hydroxylation is 1. The Bertz CT molecular complexity index is 1210. The van der Waals surface area contributed by atoms with Crippen molar-refractivity contribution in [3.8, 4) is 22.2 Å². The molecule has 1 aromatic carbocycles. The molecule has 4 heterocycles. The summed E-state index contributed by atoms with van der Waals surface area (Å²) in [4.78, 5) is 27.2. The summed E-state index contributed by atoms with van der Waals surface area (Å²) in [6, 6.07) is 13.7. The van der Waals surface area contributed by atoms with Crippen molar-refractivity contribution < 1.29 is 13.7 Å². The van der Waals surface area contributed by atoms with Crippen molar-refractivity contribution >= 4 is 17.2 Å². The molecule has 170 valence electrons. The summed E-state index contributed by atoms with van der Waals surface area (Å²) >= 11 is 1.57. The van der Waals surface area contributed by atoms with Gasteiger partial charge in [-0.3, -0.25) is 9.69 Å². The minimum atomic E-state index is -0.0154. The number of carbonyl (C=O) groups excluding carboxylic acids is 1. The number of oxazole rings is 1. The molecule has 3 aromatic heterocycles. The number of rotatable bonds is 6. The van der Waals surface area contributed by atoms with Gasteiger partial charge in [-0.05, 0) is 25.3 Å². The quantitative estimate of drug-likeness (QED) is 0.423. The molecule has 1 unspecified atom stereocenters. The predicted octanol–water partition coefficient (Wildman–Crippen LogP) is 4.21. The standard InChI is InChI=1S/C24H25N5O3S/c1-16(23-26-22(27-32-23)18-7-4-3-5-8-18)28-10-12-29(13-11-28)21(30)15-19-17(2)31-24(25-19)20-9-6-14-33-20/h3-9,14,16H,10-13,15H2,1-2H3. The van der Waals surface area contributed by atoms with Crippen LogP contribution in [0.25, 0.3) is 22.2 Å². The van der Waals surface area contributed by atoms with E-state index in [0.29, 0.717) is 42.1 Å². The Morgan fingerprint density at radius 3 is 2.61 bits per heavy atom. The third-order valence-corrected chi connectivity index (χ3v) is 6.85. The van der Waals surface area contributed by atoms with Gasteiger partial charge in [-0.1, -0.05) is 41.6 Å². The Hall–Kier alpha value is -3.30. The van der Waals surface area contributed by atoms with Gasteiger partial charge >= 0.3 is 0 Å². The Morgan fingerprint density at radius 2 is 1.88 bits per heavy atom. The van der Waals surface area contributed by atoms with E-state index in [1.807, 2.05) is 59.7 Å². The lowest BCUT2D eigenvalue weighted by atomic mass is 10.2. The molecule has 1 aliphatic rings. The van der Waals surface area contributed by atoms with E-state index >= 15 is 0 Å². The number of hydrogen-bond acceptors (Lipinski definition) is 8. The summed E-state index contributed by atoms with van der Waals surface area (Å²) in [5.41, 5.74) is 1.64. The fraction of sp³-hybridized carbons (Fsp3) is 0.333. The topological polar surface area (TPSA) is 88.5 Å². The van der Waals surface area contributed by atoms with Gasteiger partial charge < -0.3 is 13.8 Å². The lowest BCUT2D eigenvalue weighted by Gasteiger charge is -2.36. The molecule has 8 nitrogen and oxygen atoms in total. The Kier molecular flexibility index (Phi) is 6.06. The van der Waals surface area contributed by atoms with Crippen LogP contribution in [0.4, 0.5) is 0 Å². The summed E-state index contributed by atoms with van der Waals surface area (Å²) in [5, 5.41) is 6.11. The van der Waals surface area contributed by atoms with Crippen molar-refractivity contribution in [3.05, 3.63) is 65.2 Å². The molecule has 0 bridgehead atoms. The Labute approximate surface area is 195 Å². The zero-order chi connectivity index (χ0) is 22.8. The zero-order valence-electron chi connectivity index (χ0n) is 18.6. The lowest BCUT2D eigenvalue weighted by Crippen LogP contribution is -2.49. The van der Waals surface area contributed by atoms with Gasteiger partial charge in [0, 0.05) is 31.7 Å². The van der Waals surface area contributed by atoms with Crippen LogP contribution in [0.1, 0.15) is 30.3 Å². The molecule has 0 saturated carbocycles. The maximum absolute atomic E-state index is 12.9. The number of aromatic nitrogens is 3. The van der Waals surface area contributed by atoms with Crippen LogP contribution in [-0.4, -0.2) is 57.0 Å². The summed E-state index contributed by atoms with van der Waals surface area (Å²) in [6.45, 7) is 6.71. The molecular weight excluding hydrogens is 438 g/mol. The van der Waals surface area contributed by atoms with E-state index in [0.717, 1.165) is 23.5 Å². The molecule has 0 N–H and O–H groups in total. The molecule has 1 aliphatic heterocycles. The normalized spacial score (nSPS) is 15.6. The van der Waals surface area contributed by atoms with Crippen molar-refractivity contribution in [1.82, 2.24) is 24.9 Å². The number of carbonyl (C=O) groups is 1. The molecular formula is C24H25N5O3S. The first-order valence-electron chi connectivity index (χ1n) is 11.0. The molecule has 4 aromatic rings. The van der Waals surface area contributed by atoms with Crippen LogP contribution in [0.5, 0.6) is 0 Å². The molecule has 0 aliphatic carbocycles. The van der Waals surface area contributed by atoms with E-state index in [2.05, 4.69) is 26.9 Å². The second kappa shape index (κ2) is 9.29. The molecule has 1 fully saturated rings. The highest BCUT2D eigenvalue weighted by Crippen LogP contribution is 2.27. The average molecular weight is 464 g/mol. The number of hydrogen-bond donors (Lipinski definition) is 0. The fourth-order valence-corrected chi connectivity index (χ4v) is 4.63. The monoisotopic (exact) mass is 463 g/mol. The van der Waals surface area contributed by atoms with Gasteiger partial charge in [0.15, 0.2) is 0 Å². The number of thiophene rings is 1. The molecule has 1 amide bonds. The molecule has 9 heteroatoms. The number of piperazine rings is 1. The van der Waals surface area contributed by atoms with Gasteiger partial charge in [0.05, 0.1) is 23.0 Å². The summed E-state index contributed by atoms with van der Waals surface area (Å²) in [6.07, 6.45) is 0.250. The second-order valence-corrected chi connectivity index (χ2v) is 9.04. The zero-order valence-corrected chi connectivity index (χ0v) is 19.4. The summed E-state index contributed by atoms with van der Waals surface area (Å²) < 4.78 is 11.3. The summed E-state index contributed by atoms with van der Waals surface area (Å²) in [7, 11) is 0. The molecule has 5 rings (SSSR count). The third-order valence-electron chi connectivity index (χ3n) is 5.99. The smallest absolute Gasteiger partial charge is 0.244 e.